The smallest absolute Gasteiger partial charge is 0.188 e. The Morgan fingerprint density at radius 1 is 1.32 bits per heavy atom. The van der Waals surface area contributed by atoms with E-state index in [2.05, 4.69) is 29.4 Å². The number of hydrogen-bond donors (Lipinski definition) is 2. The van der Waals surface area contributed by atoms with Crippen LogP contribution in [0.2, 0.25) is 0 Å². The Morgan fingerprint density at radius 2 is 2.00 bits per heavy atom. The van der Waals surface area contributed by atoms with Gasteiger partial charge in [-0.1, -0.05) is 37.6 Å². The van der Waals surface area contributed by atoms with E-state index in [0.717, 1.165) is 30.5 Å². The maximum Gasteiger partial charge on any atom is 0.188 e. The minimum absolute atomic E-state index is 0. The molecule has 0 amide bonds. The highest BCUT2D eigenvalue weighted by molar-refractivity contribution is 14.0. The summed E-state index contributed by atoms with van der Waals surface area (Å²) in [6.45, 7) is 4.22. The van der Waals surface area contributed by atoms with Gasteiger partial charge in [-0.05, 0) is 17.5 Å². The third-order valence-corrected chi connectivity index (χ3v) is 2.67. The SMILES string of the molecule is CCCCNC(N)=NCc1ccccc1COC.I. The van der Waals surface area contributed by atoms with Gasteiger partial charge in [0.1, 0.15) is 0 Å². The zero-order valence-electron chi connectivity index (χ0n) is 11.7. The number of aliphatic imine (C=N–C) groups is 1. The molecule has 0 spiro atoms. The van der Waals surface area contributed by atoms with Crippen LogP contribution in [0.15, 0.2) is 29.3 Å². The molecule has 1 rings (SSSR count). The zero-order chi connectivity index (χ0) is 13.2. The predicted molar refractivity (Wildman–Crippen MR) is 90.8 cm³/mol. The predicted octanol–water partition coefficient (Wildman–Crippen LogP) is 2.66. The molecular weight excluding hydrogens is 353 g/mol. The number of nitrogens with zero attached hydrogens (tertiary/aromatic N) is 1. The summed E-state index contributed by atoms with van der Waals surface area (Å²) in [7, 11) is 1.70. The summed E-state index contributed by atoms with van der Waals surface area (Å²) in [5, 5.41) is 3.10. The van der Waals surface area contributed by atoms with Crippen molar-refractivity contribution in [2.24, 2.45) is 10.7 Å². The van der Waals surface area contributed by atoms with Gasteiger partial charge in [-0.3, -0.25) is 0 Å². The van der Waals surface area contributed by atoms with E-state index in [-0.39, 0.29) is 24.0 Å². The minimum Gasteiger partial charge on any atom is -0.380 e. The Bertz CT molecular complexity index is 383. The molecule has 0 aromatic heterocycles. The van der Waals surface area contributed by atoms with Gasteiger partial charge in [0.05, 0.1) is 13.2 Å². The summed E-state index contributed by atoms with van der Waals surface area (Å²) in [5.74, 6) is 0.510. The molecule has 4 nitrogen and oxygen atoms in total. The Morgan fingerprint density at radius 3 is 2.63 bits per heavy atom. The molecule has 1 aromatic carbocycles. The maximum absolute atomic E-state index is 5.79. The molecule has 0 aliphatic rings. The fourth-order valence-electron chi connectivity index (χ4n) is 1.63. The lowest BCUT2D eigenvalue weighted by Crippen LogP contribution is -2.32. The van der Waals surface area contributed by atoms with Crippen LogP contribution in [0.25, 0.3) is 0 Å². The zero-order valence-corrected chi connectivity index (χ0v) is 14.0. The van der Waals surface area contributed by atoms with Gasteiger partial charge in [-0.2, -0.15) is 0 Å². The number of nitrogens with two attached hydrogens (primary N) is 1. The van der Waals surface area contributed by atoms with E-state index >= 15 is 0 Å². The number of benzene rings is 1. The van der Waals surface area contributed by atoms with Gasteiger partial charge in [0.15, 0.2) is 5.96 Å². The average molecular weight is 377 g/mol. The molecule has 3 N–H and O–H groups in total. The third kappa shape index (κ3) is 7.37. The number of methoxy groups -OCH3 is 1. The first kappa shape index (κ1) is 18.2. The Balaban J connectivity index is 0.00000324. The molecule has 1 aromatic rings. The van der Waals surface area contributed by atoms with Crippen molar-refractivity contribution in [3.05, 3.63) is 35.4 Å². The molecule has 108 valence electrons. The van der Waals surface area contributed by atoms with Gasteiger partial charge < -0.3 is 15.8 Å². The number of ether oxygens (including phenoxy) is 1. The van der Waals surface area contributed by atoms with Gasteiger partial charge in [0, 0.05) is 13.7 Å². The quantitative estimate of drug-likeness (QED) is 0.333. The fraction of sp³-hybridized carbons (Fsp3) is 0.500. The molecule has 0 aliphatic heterocycles. The van der Waals surface area contributed by atoms with Crippen LogP contribution >= 0.6 is 24.0 Å². The summed E-state index contributed by atoms with van der Waals surface area (Å²) in [6.07, 6.45) is 2.26. The number of unbranched alkanes of at least 4 members (excludes halogenated alkanes) is 1. The number of guanidine groups is 1. The normalized spacial score (nSPS) is 10.9. The van der Waals surface area contributed by atoms with Crippen molar-refractivity contribution in [1.82, 2.24) is 5.32 Å². The minimum atomic E-state index is 0. The van der Waals surface area contributed by atoms with Crippen molar-refractivity contribution in [3.8, 4) is 0 Å². The van der Waals surface area contributed by atoms with Crippen molar-refractivity contribution in [1.29, 1.82) is 0 Å². The fourth-order valence-corrected chi connectivity index (χ4v) is 1.63. The van der Waals surface area contributed by atoms with Crippen LogP contribution < -0.4 is 11.1 Å². The van der Waals surface area contributed by atoms with Gasteiger partial charge in [-0.15, -0.1) is 24.0 Å². The Labute approximate surface area is 132 Å². The molecule has 5 heteroatoms. The van der Waals surface area contributed by atoms with Gasteiger partial charge in [-0.25, -0.2) is 4.99 Å². The van der Waals surface area contributed by atoms with Crippen LogP contribution in [-0.2, 0) is 17.9 Å². The largest absolute Gasteiger partial charge is 0.380 e. The lowest BCUT2D eigenvalue weighted by Gasteiger charge is -2.08. The average Bonchev–Trinajstić information content (AvgIpc) is 2.38. The van der Waals surface area contributed by atoms with Crippen LogP contribution in [-0.4, -0.2) is 19.6 Å². The molecule has 0 saturated carbocycles. The van der Waals surface area contributed by atoms with Gasteiger partial charge >= 0.3 is 0 Å². The first-order valence-corrected chi connectivity index (χ1v) is 6.37. The van der Waals surface area contributed by atoms with Crippen LogP contribution in [0.4, 0.5) is 0 Å². The molecule has 0 atom stereocenters. The van der Waals surface area contributed by atoms with E-state index in [1.54, 1.807) is 7.11 Å². The van der Waals surface area contributed by atoms with Crippen molar-refractivity contribution >= 4 is 29.9 Å². The summed E-state index contributed by atoms with van der Waals surface area (Å²) >= 11 is 0. The first-order chi connectivity index (χ1) is 8.77. The first-order valence-electron chi connectivity index (χ1n) is 6.37. The van der Waals surface area contributed by atoms with Crippen molar-refractivity contribution in [2.75, 3.05) is 13.7 Å². The molecule has 0 aliphatic carbocycles. The van der Waals surface area contributed by atoms with Crippen molar-refractivity contribution < 1.29 is 4.74 Å². The molecule has 19 heavy (non-hydrogen) atoms. The van der Waals surface area contributed by atoms with Crippen molar-refractivity contribution in [2.45, 2.75) is 32.9 Å². The highest BCUT2D eigenvalue weighted by Gasteiger charge is 2.00. The van der Waals surface area contributed by atoms with Crippen LogP contribution in [0, 0.1) is 0 Å². The maximum atomic E-state index is 5.79. The monoisotopic (exact) mass is 377 g/mol. The van der Waals surface area contributed by atoms with Crippen LogP contribution in [0.3, 0.4) is 0 Å². The van der Waals surface area contributed by atoms with Crippen molar-refractivity contribution in [3.63, 3.8) is 0 Å². The van der Waals surface area contributed by atoms with E-state index in [1.807, 2.05) is 12.1 Å². The molecule has 0 fully saturated rings. The van der Waals surface area contributed by atoms with E-state index < -0.39 is 0 Å². The van der Waals surface area contributed by atoms with Gasteiger partial charge in [0.2, 0.25) is 0 Å². The van der Waals surface area contributed by atoms with E-state index in [9.17, 15) is 0 Å². The standard InChI is InChI=1S/C14H23N3O.HI/c1-3-4-9-16-14(15)17-10-12-7-5-6-8-13(12)11-18-2;/h5-8H,3-4,9-11H2,1-2H3,(H3,15,16,17);1H. The molecule has 0 bridgehead atoms. The summed E-state index contributed by atoms with van der Waals surface area (Å²) in [5.41, 5.74) is 8.10. The Hall–Kier alpha value is -0.820. The molecular formula is C14H24IN3O. The number of rotatable bonds is 7. The van der Waals surface area contributed by atoms with E-state index in [1.165, 1.54) is 0 Å². The van der Waals surface area contributed by atoms with Gasteiger partial charge in [0.25, 0.3) is 0 Å². The summed E-state index contributed by atoms with van der Waals surface area (Å²) in [4.78, 5) is 4.34. The molecule has 0 unspecified atom stereocenters. The van der Waals surface area contributed by atoms with E-state index in [4.69, 9.17) is 10.5 Å². The highest BCUT2D eigenvalue weighted by Crippen LogP contribution is 2.10. The molecule has 0 radical (unpaired) electrons. The second kappa shape index (κ2) is 11.0. The second-order valence-electron chi connectivity index (χ2n) is 4.18. The third-order valence-electron chi connectivity index (χ3n) is 2.67. The molecule has 0 saturated heterocycles. The second-order valence-corrected chi connectivity index (χ2v) is 4.18. The van der Waals surface area contributed by atoms with Crippen LogP contribution in [0.1, 0.15) is 30.9 Å². The summed E-state index contributed by atoms with van der Waals surface area (Å²) < 4.78 is 5.16. The summed E-state index contributed by atoms with van der Waals surface area (Å²) in [6, 6.07) is 8.11. The highest BCUT2D eigenvalue weighted by atomic mass is 127. The number of hydrogen-bond acceptors (Lipinski definition) is 2. The van der Waals surface area contributed by atoms with Crippen LogP contribution in [0.5, 0.6) is 0 Å². The Kier molecular flexibility index (Phi) is 10.6. The lowest BCUT2D eigenvalue weighted by molar-refractivity contribution is 0.184. The number of nitrogens with one attached hydrogen (secondary N) is 1. The lowest BCUT2D eigenvalue weighted by atomic mass is 10.1. The van der Waals surface area contributed by atoms with E-state index in [0.29, 0.717) is 19.1 Å². The topological polar surface area (TPSA) is 59.6 Å². The molecule has 0 heterocycles. The number of halogens is 1.